The Hall–Kier alpha value is -2.21. The summed E-state index contributed by atoms with van der Waals surface area (Å²) in [4.78, 5) is 24.3. The summed E-state index contributed by atoms with van der Waals surface area (Å²) >= 11 is 6.28. The van der Waals surface area contributed by atoms with E-state index in [1.54, 1.807) is 25.1 Å². The standard InChI is InChI=1S/C18H23ClN2O4/c1-4-8-24-14-7-6-12(10-13(14)19)16-15(17(22)25-9-5-2)11(3)20-18(23)21-16/h6-7,10,16H,4-5,8-9H2,1-3H3,(H2,20,21,23). The zero-order valence-electron chi connectivity index (χ0n) is 14.6. The molecule has 6 nitrogen and oxygen atoms in total. The van der Waals surface area contributed by atoms with E-state index in [-0.39, 0.29) is 6.03 Å². The lowest BCUT2D eigenvalue weighted by molar-refractivity contribution is -0.139. The molecule has 2 rings (SSSR count). The predicted octanol–water partition coefficient (Wildman–Crippen LogP) is 3.71. The van der Waals surface area contributed by atoms with Crippen LogP contribution in [-0.4, -0.2) is 25.2 Å². The van der Waals surface area contributed by atoms with Gasteiger partial charge in [-0.3, -0.25) is 0 Å². The molecule has 0 radical (unpaired) electrons. The molecule has 0 saturated heterocycles. The summed E-state index contributed by atoms with van der Waals surface area (Å²) in [6, 6.07) is 4.22. The number of esters is 1. The van der Waals surface area contributed by atoms with Crippen molar-refractivity contribution >= 4 is 23.6 Å². The summed E-state index contributed by atoms with van der Waals surface area (Å²) in [5, 5.41) is 5.79. The second kappa shape index (κ2) is 8.76. The van der Waals surface area contributed by atoms with Crippen LogP contribution >= 0.6 is 11.6 Å². The van der Waals surface area contributed by atoms with Crippen LogP contribution in [0.25, 0.3) is 0 Å². The summed E-state index contributed by atoms with van der Waals surface area (Å²) in [6.07, 6.45) is 1.59. The monoisotopic (exact) mass is 366 g/mol. The minimum atomic E-state index is -0.629. The molecule has 2 N–H and O–H groups in total. The van der Waals surface area contributed by atoms with E-state index >= 15 is 0 Å². The molecule has 0 spiro atoms. The van der Waals surface area contributed by atoms with Crippen LogP contribution < -0.4 is 15.4 Å². The van der Waals surface area contributed by atoms with Gasteiger partial charge < -0.3 is 20.1 Å². The van der Waals surface area contributed by atoms with Gasteiger partial charge >= 0.3 is 12.0 Å². The minimum Gasteiger partial charge on any atom is -0.492 e. The Balaban J connectivity index is 2.33. The third-order valence-electron chi connectivity index (χ3n) is 3.68. The van der Waals surface area contributed by atoms with Crippen LogP contribution in [-0.2, 0) is 9.53 Å². The molecule has 1 aliphatic rings. The molecular formula is C18H23ClN2O4. The molecule has 1 aromatic rings. The number of carbonyl (C=O) groups excluding carboxylic acids is 2. The maximum atomic E-state index is 12.4. The Kier molecular flexibility index (Phi) is 6.70. The lowest BCUT2D eigenvalue weighted by Crippen LogP contribution is -2.45. The van der Waals surface area contributed by atoms with Crippen LogP contribution in [0.1, 0.15) is 45.2 Å². The molecule has 1 aromatic carbocycles. The molecule has 1 aliphatic heterocycles. The van der Waals surface area contributed by atoms with E-state index < -0.39 is 12.0 Å². The van der Waals surface area contributed by atoms with E-state index in [2.05, 4.69) is 10.6 Å². The number of ether oxygens (including phenoxy) is 2. The third-order valence-corrected chi connectivity index (χ3v) is 3.97. The van der Waals surface area contributed by atoms with Gasteiger partial charge in [0.25, 0.3) is 0 Å². The summed E-state index contributed by atoms with van der Waals surface area (Å²) < 4.78 is 10.8. The Morgan fingerprint density at radius 1 is 1.24 bits per heavy atom. The highest BCUT2D eigenvalue weighted by atomic mass is 35.5. The fraction of sp³-hybridized carbons (Fsp3) is 0.444. The number of nitrogens with one attached hydrogen (secondary N) is 2. The number of benzene rings is 1. The average Bonchev–Trinajstić information content (AvgIpc) is 2.57. The van der Waals surface area contributed by atoms with E-state index in [9.17, 15) is 9.59 Å². The molecule has 7 heteroatoms. The Bertz CT molecular complexity index is 688. The van der Waals surface area contributed by atoms with E-state index in [0.717, 1.165) is 12.8 Å². The fourth-order valence-electron chi connectivity index (χ4n) is 2.51. The van der Waals surface area contributed by atoms with Crippen molar-refractivity contribution in [3.05, 3.63) is 40.1 Å². The first-order valence-corrected chi connectivity index (χ1v) is 8.73. The van der Waals surface area contributed by atoms with E-state index in [1.165, 1.54) is 0 Å². The molecule has 2 amide bonds. The number of rotatable bonds is 7. The van der Waals surface area contributed by atoms with Crippen molar-refractivity contribution in [3.8, 4) is 5.75 Å². The lowest BCUT2D eigenvalue weighted by Gasteiger charge is -2.28. The number of hydrogen-bond acceptors (Lipinski definition) is 4. The van der Waals surface area contributed by atoms with Crippen LogP contribution in [0.3, 0.4) is 0 Å². The fourth-order valence-corrected chi connectivity index (χ4v) is 2.76. The summed E-state index contributed by atoms with van der Waals surface area (Å²) in [6.45, 7) is 6.49. The van der Waals surface area contributed by atoms with E-state index in [0.29, 0.717) is 40.8 Å². The maximum Gasteiger partial charge on any atom is 0.338 e. The van der Waals surface area contributed by atoms with Crippen LogP contribution in [0.15, 0.2) is 29.5 Å². The Morgan fingerprint density at radius 2 is 1.96 bits per heavy atom. The molecule has 0 aromatic heterocycles. The number of allylic oxidation sites excluding steroid dienone is 1. The number of carbonyl (C=O) groups is 2. The van der Waals surface area contributed by atoms with Crippen molar-refractivity contribution in [2.24, 2.45) is 0 Å². The summed E-state index contributed by atoms with van der Waals surface area (Å²) in [5.41, 5.74) is 1.52. The zero-order valence-corrected chi connectivity index (χ0v) is 15.4. The molecular weight excluding hydrogens is 344 g/mol. The minimum absolute atomic E-state index is 0.320. The van der Waals surface area contributed by atoms with E-state index in [4.69, 9.17) is 21.1 Å². The Labute approximate surface area is 152 Å². The summed E-state index contributed by atoms with van der Waals surface area (Å²) in [7, 11) is 0. The van der Waals surface area contributed by atoms with Crippen molar-refractivity contribution in [3.63, 3.8) is 0 Å². The van der Waals surface area contributed by atoms with Crippen LogP contribution in [0.5, 0.6) is 5.75 Å². The van der Waals surface area contributed by atoms with Gasteiger partial charge in [0.1, 0.15) is 5.75 Å². The molecule has 1 unspecified atom stereocenters. The van der Waals surface area contributed by atoms with Crippen LogP contribution in [0.2, 0.25) is 5.02 Å². The van der Waals surface area contributed by atoms with Gasteiger partial charge in [0, 0.05) is 5.70 Å². The van der Waals surface area contributed by atoms with Crippen LogP contribution in [0, 0.1) is 0 Å². The maximum absolute atomic E-state index is 12.4. The second-order valence-corrected chi connectivity index (χ2v) is 6.15. The Morgan fingerprint density at radius 3 is 2.60 bits per heavy atom. The topological polar surface area (TPSA) is 76.7 Å². The first-order chi connectivity index (χ1) is 12.0. The van der Waals surface area contributed by atoms with Crippen LogP contribution in [0.4, 0.5) is 4.79 Å². The highest BCUT2D eigenvalue weighted by Crippen LogP contribution is 2.33. The van der Waals surface area contributed by atoms with Gasteiger partial charge in [-0.25, -0.2) is 9.59 Å². The number of urea groups is 1. The van der Waals surface area contributed by atoms with E-state index in [1.807, 2.05) is 13.8 Å². The van der Waals surface area contributed by atoms with Gasteiger partial charge in [-0.05, 0) is 37.5 Å². The number of amides is 2. The van der Waals surface area contributed by atoms with Gasteiger partial charge in [-0.15, -0.1) is 0 Å². The van der Waals surface area contributed by atoms with Crippen molar-refractivity contribution in [1.29, 1.82) is 0 Å². The highest BCUT2D eigenvalue weighted by Gasteiger charge is 2.32. The molecule has 0 saturated carbocycles. The number of hydrogen-bond donors (Lipinski definition) is 2. The quantitative estimate of drug-likeness (QED) is 0.721. The van der Waals surface area contributed by atoms with Gasteiger partial charge in [-0.1, -0.05) is 31.5 Å². The summed E-state index contributed by atoms with van der Waals surface area (Å²) in [5.74, 6) is 0.114. The largest absolute Gasteiger partial charge is 0.492 e. The molecule has 0 fully saturated rings. The molecule has 1 heterocycles. The second-order valence-electron chi connectivity index (χ2n) is 5.74. The number of halogens is 1. The molecule has 136 valence electrons. The molecule has 25 heavy (non-hydrogen) atoms. The first kappa shape index (κ1) is 19.1. The molecule has 0 bridgehead atoms. The normalized spacial score (nSPS) is 17.0. The van der Waals surface area contributed by atoms with Crippen molar-refractivity contribution < 1.29 is 19.1 Å². The van der Waals surface area contributed by atoms with Gasteiger partial charge in [0.05, 0.1) is 29.9 Å². The molecule has 0 aliphatic carbocycles. The SMILES string of the molecule is CCCOC(=O)C1=C(C)NC(=O)NC1c1ccc(OCCC)c(Cl)c1. The highest BCUT2D eigenvalue weighted by molar-refractivity contribution is 6.32. The molecule has 1 atom stereocenters. The van der Waals surface area contributed by atoms with Crippen molar-refractivity contribution in [2.75, 3.05) is 13.2 Å². The smallest absolute Gasteiger partial charge is 0.338 e. The lowest BCUT2D eigenvalue weighted by atomic mass is 9.95. The van der Waals surface area contributed by atoms with Gasteiger partial charge in [-0.2, -0.15) is 0 Å². The van der Waals surface area contributed by atoms with Gasteiger partial charge in [0.15, 0.2) is 0 Å². The third kappa shape index (κ3) is 4.66. The van der Waals surface area contributed by atoms with Gasteiger partial charge in [0.2, 0.25) is 0 Å². The predicted molar refractivity (Wildman–Crippen MR) is 95.6 cm³/mol. The van der Waals surface area contributed by atoms with Crippen molar-refractivity contribution in [1.82, 2.24) is 10.6 Å². The zero-order chi connectivity index (χ0) is 18.4. The van der Waals surface area contributed by atoms with Crippen molar-refractivity contribution in [2.45, 2.75) is 39.7 Å². The average molecular weight is 367 g/mol. The first-order valence-electron chi connectivity index (χ1n) is 8.35.